The summed E-state index contributed by atoms with van der Waals surface area (Å²) in [5.74, 6) is -0.969. The molecule has 1 aliphatic heterocycles. The van der Waals surface area contributed by atoms with Crippen molar-refractivity contribution in [2.24, 2.45) is 0 Å². The molecule has 0 bridgehead atoms. The van der Waals surface area contributed by atoms with Gasteiger partial charge < -0.3 is 48.5 Å². The van der Waals surface area contributed by atoms with Crippen LogP contribution in [0.1, 0.15) is 37.6 Å². The van der Waals surface area contributed by atoms with Crippen LogP contribution in [-0.4, -0.2) is 106 Å². The van der Waals surface area contributed by atoms with Crippen LogP contribution in [0.15, 0.2) is 63.4 Å². The molecule has 47 heavy (non-hydrogen) atoms. The molecule has 0 unspecified atom stereocenters. The van der Waals surface area contributed by atoms with E-state index in [1.807, 2.05) is 0 Å². The average Bonchev–Trinajstić information content (AvgIpc) is 3.06. The number of phenolic OH excluding ortho intramolecular Hbond substituents is 2. The number of fused-ring (bicyclic) bond motifs is 1. The molecule has 0 fully saturated rings. The highest BCUT2D eigenvalue weighted by Crippen LogP contribution is 2.36. The molecule has 1 aliphatic rings. The minimum Gasteiger partial charge on any atom is -0.504 e. The molecule has 12 heteroatoms. The quantitative estimate of drug-likeness (QED) is 0.113. The van der Waals surface area contributed by atoms with Gasteiger partial charge in [0.15, 0.2) is 16.8 Å². The molecule has 3 aromatic rings. The fourth-order valence-electron chi connectivity index (χ4n) is 5.10. The minimum absolute atomic E-state index is 0.104. The van der Waals surface area contributed by atoms with E-state index in [-0.39, 0.29) is 39.4 Å². The Hall–Kier alpha value is -3.94. The van der Waals surface area contributed by atoms with Crippen LogP contribution in [0.25, 0.3) is 22.3 Å². The summed E-state index contributed by atoms with van der Waals surface area (Å²) in [5.41, 5.74) is 2.11. The number of nitrogens with one attached hydrogen (secondary N) is 1. The molecular weight excluding hydrogens is 608 g/mol. The Balaban J connectivity index is 0.965. The number of aromatic hydroxyl groups is 2. The molecule has 0 spiro atoms. The first-order valence-corrected chi connectivity index (χ1v) is 16.0. The first-order chi connectivity index (χ1) is 22.7. The van der Waals surface area contributed by atoms with Gasteiger partial charge in [-0.3, -0.25) is 9.59 Å². The van der Waals surface area contributed by atoms with E-state index >= 15 is 0 Å². The fraction of sp³-hybridized carbons (Fsp3) is 0.486. The number of ether oxygens (including phenoxy) is 5. The Morgan fingerprint density at radius 1 is 0.830 bits per heavy atom. The van der Waals surface area contributed by atoms with Crippen LogP contribution in [0, 0.1) is 0 Å². The summed E-state index contributed by atoms with van der Waals surface area (Å²) in [6, 6.07) is 10.4. The smallest absolute Gasteiger partial charge is 0.251 e. The van der Waals surface area contributed by atoms with Gasteiger partial charge in [0.2, 0.25) is 5.75 Å². The molecule has 2 aromatic carbocycles. The van der Waals surface area contributed by atoms with Crippen LogP contribution >= 0.6 is 0 Å². The van der Waals surface area contributed by atoms with Gasteiger partial charge in [-0.15, -0.1) is 0 Å². The van der Waals surface area contributed by atoms with Crippen LogP contribution < -0.4 is 10.7 Å². The Bertz CT molecular complexity index is 1530. The summed E-state index contributed by atoms with van der Waals surface area (Å²) in [4.78, 5) is 27.2. The fourth-order valence-corrected chi connectivity index (χ4v) is 5.10. The molecule has 4 rings (SSSR count). The van der Waals surface area contributed by atoms with Gasteiger partial charge in [0.25, 0.3) is 5.91 Å². The highest BCUT2D eigenvalue weighted by molar-refractivity contribution is 5.94. The van der Waals surface area contributed by atoms with Gasteiger partial charge in [-0.05, 0) is 50.1 Å². The SMILES string of the molecule is CCC1=CN(CCOCCOCCOCCOCCOCCNC(=O)c2ccc(-c3cc(=O)c4ccc(O)c(O)c4o3)cc2)C1(C)C. The summed E-state index contributed by atoms with van der Waals surface area (Å²) in [6.07, 6.45) is 3.32. The summed E-state index contributed by atoms with van der Waals surface area (Å²) < 4.78 is 33.4. The molecule has 0 saturated carbocycles. The third-order valence-corrected chi connectivity index (χ3v) is 7.97. The molecule has 2 heterocycles. The number of carbonyl (C=O) groups excluding carboxylic acids is 1. The lowest BCUT2D eigenvalue weighted by molar-refractivity contribution is -0.0129. The third kappa shape index (κ3) is 10.0. The lowest BCUT2D eigenvalue weighted by Crippen LogP contribution is -2.51. The van der Waals surface area contributed by atoms with Crippen molar-refractivity contribution >= 4 is 16.9 Å². The van der Waals surface area contributed by atoms with Gasteiger partial charge >= 0.3 is 0 Å². The van der Waals surface area contributed by atoms with Gasteiger partial charge in [-0.2, -0.15) is 0 Å². The molecule has 1 amide bonds. The predicted molar refractivity (Wildman–Crippen MR) is 177 cm³/mol. The molecule has 0 aliphatic carbocycles. The zero-order chi connectivity index (χ0) is 33.6. The van der Waals surface area contributed by atoms with E-state index in [1.165, 1.54) is 23.8 Å². The van der Waals surface area contributed by atoms with Crippen molar-refractivity contribution in [1.29, 1.82) is 0 Å². The molecule has 0 atom stereocenters. The highest BCUT2D eigenvalue weighted by atomic mass is 16.6. The van der Waals surface area contributed by atoms with E-state index in [1.54, 1.807) is 24.3 Å². The maximum Gasteiger partial charge on any atom is 0.251 e. The van der Waals surface area contributed by atoms with Crippen molar-refractivity contribution in [1.82, 2.24) is 10.2 Å². The zero-order valence-corrected chi connectivity index (χ0v) is 27.4. The van der Waals surface area contributed by atoms with Gasteiger partial charge in [-0.1, -0.05) is 19.1 Å². The van der Waals surface area contributed by atoms with Gasteiger partial charge in [-0.25, -0.2) is 0 Å². The number of phenols is 2. The Morgan fingerprint density at radius 3 is 1.98 bits per heavy atom. The van der Waals surface area contributed by atoms with E-state index in [0.29, 0.717) is 83.7 Å². The topological polar surface area (TPSA) is 149 Å². The summed E-state index contributed by atoms with van der Waals surface area (Å²) in [6.45, 7) is 12.7. The monoisotopic (exact) mass is 654 g/mol. The van der Waals surface area contributed by atoms with E-state index in [9.17, 15) is 19.8 Å². The van der Waals surface area contributed by atoms with Crippen molar-refractivity contribution < 1.29 is 43.1 Å². The molecule has 0 saturated heterocycles. The number of rotatable bonds is 21. The van der Waals surface area contributed by atoms with Crippen LogP contribution in [-0.2, 0) is 23.7 Å². The number of benzene rings is 2. The summed E-state index contributed by atoms with van der Waals surface area (Å²) in [7, 11) is 0. The maximum atomic E-state index is 12.5. The van der Waals surface area contributed by atoms with Crippen molar-refractivity contribution in [2.45, 2.75) is 32.7 Å². The normalized spacial score (nSPS) is 13.9. The van der Waals surface area contributed by atoms with E-state index in [4.69, 9.17) is 28.1 Å². The second kappa shape index (κ2) is 17.8. The summed E-state index contributed by atoms with van der Waals surface area (Å²) in [5, 5.41) is 22.7. The van der Waals surface area contributed by atoms with E-state index in [0.717, 1.165) is 13.0 Å². The maximum absolute atomic E-state index is 12.5. The molecule has 0 radical (unpaired) electrons. The second-order valence-electron chi connectivity index (χ2n) is 11.4. The van der Waals surface area contributed by atoms with Crippen LogP contribution in [0.5, 0.6) is 11.5 Å². The molecular formula is C35H46N2O10. The summed E-state index contributed by atoms with van der Waals surface area (Å²) >= 11 is 0. The Kier molecular flexibility index (Phi) is 13.6. The van der Waals surface area contributed by atoms with Crippen LogP contribution in [0.3, 0.4) is 0 Å². The van der Waals surface area contributed by atoms with E-state index < -0.39 is 5.75 Å². The predicted octanol–water partition coefficient (Wildman–Crippen LogP) is 4.07. The first-order valence-electron chi connectivity index (χ1n) is 16.0. The zero-order valence-electron chi connectivity index (χ0n) is 27.4. The standard InChI is InChI=1S/C35H46N2O10/c1-4-27-24-37(35(27,2)3)12-14-43-16-18-45-20-22-46-21-19-44-17-15-42-13-11-36-34(41)26-7-5-25(6-8-26)31-23-30(39)28-9-10-29(38)32(40)33(28)47-31/h5-10,23-24,38,40H,4,11-22H2,1-3H3,(H,36,41). The Labute approximate surface area is 274 Å². The van der Waals surface area contributed by atoms with Crippen molar-refractivity contribution in [3.05, 3.63) is 70.0 Å². The first kappa shape index (κ1) is 35.9. The van der Waals surface area contributed by atoms with Gasteiger partial charge in [0.1, 0.15) is 5.76 Å². The second-order valence-corrected chi connectivity index (χ2v) is 11.4. The molecule has 3 N–H and O–H groups in total. The third-order valence-electron chi connectivity index (χ3n) is 7.97. The van der Waals surface area contributed by atoms with Crippen LogP contribution in [0.4, 0.5) is 0 Å². The number of carbonyl (C=O) groups is 1. The van der Waals surface area contributed by atoms with E-state index in [2.05, 4.69) is 37.2 Å². The molecule has 256 valence electrons. The lowest BCUT2D eigenvalue weighted by Gasteiger charge is -2.48. The largest absolute Gasteiger partial charge is 0.504 e. The van der Waals surface area contributed by atoms with Crippen molar-refractivity contribution in [3.8, 4) is 22.8 Å². The van der Waals surface area contributed by atoms with Gasteiger partial charge in [0.05, 0.1) is 77.0 Å². The minimum atomic E-state index is -0.504. The highest BCUT2D eigenvalue weighted by Gasteiger charge is 2.35. The number of hydrogen-bond acceptors (Lipinski definition) is 11. The number of nitrogens with zero attached hydrogens (tertiary/aromatic N) is 1. The van der Waals surface area contributed by atoms with Crippen LogP contribution in [0.2, 0.25) is 0 Å². The number of hydrogen-bond donors (Lipinski definition) is 3. The van der Waals surface area contributed by atoms with Crippen molar-refractivity contribution in [3.63, 3.8) is 0 Å². The average molecular weight is 655 g/mol. The van der Waals surface area contributed by atoms with Gasteiger partial charge in [0, 0.05) is 36.5 Å². The lowest BCUT2D eigenvalue weighted by atomic mass is 9.84. The number of amides is 1. The molecule has 1 aromatic heterocycles. The van der Waals surface area contributed by atoms with Crippen molar-refractivity contribution in [2.75, 3.05) is 79.2 Å². The Morgan fingerprint density at radius 2 is 1.40 bits per heavy atom. The molecule has 12 nitrogen and oxygen atoms in total.